The average Bonchev–Trinajstić information content (AvgIpc) is 3.05. The van der Waals surface area contributed by atoms with Crippen molar-refractivity contribution in [1.29, 1.82) is 0 Å². The number of hydrogen-bond donors (Lipinski definition) is 1. The highest BCUT2D eigenvalue weighted by molar-refractivity contribution is 5.40. The number of nitrogens with zero attached hydrogens (tertiary/aromatic N) is 2. The van der Waals surface area contributed by atoms with E-state index in [2.05, 4.69) is 39.1 Å². The van der Waals surface area contributed by atoms with Crippen LogP contribution in [0.2, 0.25) is 0 Å². The predicted octanol–water partition coefficient (Wildman–Crippen LogP) is 2.63. The second kappa shape index (κ2) is 5.45. The van der Waals surface area contributed by atoms with Crippen LogP contribution in [-0.2, 0) is 17.7 Å². The molecule has 0 spiro atoms. The summed E-state index contributed by atoms with van der Waals surface area (Å²) in [7, 11) is 1.72. The lowest BCUT2D eigenvalue weighted by Crippen LogP contribution is -2.13. The minimum atomic E-state index is 0.375. The van der Waals surface area contributed by atoms with Crippen molar-refractivity contribution in [2.24, 2.45) is 0 Å². The zero-order chi connectivity index (χ0) is 13.1. The first-order valence-electron chi connectivity index (χ1n) is 6.73. The van der Waals surface area contributed by atoms with E-state index in [1.165, 1.54) is 11.1 Å². The van der Waals surface area contributed by atoms with Crippen LogP contribution in [0.5, 0.6) is 0 Å². The summed E-state index contributed by atoms with van der Waals surface area (Å²) in [4.78, 5) is 4.40. The molecule has 1 aliphatic rings. The van der Waals surface area contributed by atoms with Crippen molar-refractivity contribution in [3.63, 3.8) is 0 Å². The maximum atomic E-state index is 5.12. The molecule has 1 atom stereocenters. The molecule has 0 saturated carbocycles. The van der Waals surface area contributed by atoms with Gasteiger partial charge in [-0.1, -0.05) is 24.3 Å². The third kappa shape index (κ3) is 2.49. The summed E-state index contributed by atoms with van der Waals surface area (Å²) in [6, 6.07) is 9.02. The van der Waals surface area contributed by atoms with E-state index in [9.17, 15) is 0 Å². The number of ether oxygens (including phenoxy) is 1. The van der Waals surface area contributed by atoms with E-state index in [1.54, 1.807) is 7.11 Å². The molecule has 3 rings (SSSR count). The van der Waals surface area contributed by atoms with E-state index in [1.807, 2.05) is 12.4 Å². The maximum absolute atomic E-state index is 5.12. The van der Waals surface area contributed by atoms with Gasteiger partial charge in [0, 0.05) is 26.0 Å². The topological polar surface area (TPSA) is 39.1 Å². The van der Waals surface area contributed by atoms with Crippen molar-refractivity contribution in [3.05, 3.63) is 47.8 Å². The average molecular weight is 257 g/mol. The van der Waals surface area contributed by atoms with Gasteiger partial charge >= 0.3 is 0 Å². The van der Waals surface area contributed by atoms with Gasteiger partial charge < -0.3 is 14.6 Å². The van der Waals surface area contributed by atoms with Crippen LogP contribution >= 0.6 is 0 Å². The van der Waals surface area contributed by atoms with Crippen molar-refractivity contribution in [2.75, 3.05) is 19.0 Å². The summed E-state index contributed by atoms with van der Waals surface area (Å²) < 4.78 is 7.22. The van der Waals surface area contributed by atoms with Gasteiger partial charge in [-0.15, -0.1) is 0 Å². The van der Waals surface area contributed by atoms with Gasteiger partial charge in [0.25, 0.3) is 0 Å². The van der Waals surface area contributed by atoms with Crippen molar-refractivity contribution in [3.8, 4) is 0 Å². The van der Waals surface area contributed by atoms with Gasteiger partial charge in [0.15, 0.2) is 0 Å². The number of imidazole rings is 1. The number of hydrogen-bond acceptors (Lipinski definition) is 3. The Balaban J connectivity index is 1.74. The zero-order valence-electron chi connectivity index (χ0n) is 11.2. The molecule has 0 amide bonds. The molecule has 1 aromatic heterocycles. The summed E-state index contributed by atoms with van der Waals surface area (Å²) in [6.45, 7) is 1.53. The normalized spacial score (nSPS) is 17.4. The molecule has 1 aliphatic carbocycles. The van der Waals surface area contributed by atoms with Gasteiger partial charge in [-0.2, -0.15) is 0 Å². The first-order chi connectivity index (χ1) is 9.38. The minimum absolute atomic E-state index is 0.375. The molecule has 19 heavy (non-hydrogen) atoms. The van der Waals surface area contributed by atoms with Crippen LogP contribution < -0.4 is 5.32 Å². The van der Waals surface area contributed by atoms with Gasteiger partial charge in [0.1, 0.15) is 0 Å². The second-order valence-corrected chi connectivity index (χ2v) is 4.87. The highest BCUT2D eigenvalue weighted by Gasteiger charge is 2.22. The fourth-order valence-corrected chi connectivity index (χ4v) is 2.68. The Bertz CT molecular complexity index is 550. The number of anilines is 1. The van der Waals surface area contributed by atoms with Crippen LogP contribution in [-0.4, -0.2) is 23.3 Å². The van der Waals surface area contributed by atoms with Crippen LogP contribution in [0.25, 0.3) is 0 Å². The summed E-state index contributed by atoms with van der Waals surface area (Å²) >= 11 is 0. The molecule has 1 unspecified atom stereocenters. The SMILES string of the molecule is COCCn1ccnc1NC1CCc2ccccc21. The lowest BCUT2D eigenvalue weighted by atomic mass is 10.1. The molecule has 100 valence electrons. The van der Waals surface area contributed by atoms with Crippen LogP contribution in [0.3, 0.4) is 0 Å². The Labute approximate surface area is 113 Å². The van der Waals surface area contributed by atoms with E-state index in [0.29, 0.717) is 12.6 Å². The van der Waals surface area contributed by atoms with Crippen LogP contribution in [0.15, 0.2) is 36.7 Å². The van der Waals surface area contributed by atoms with Gasteiger partial charge in [-0.25, -0.2) is 4.98 Å². The second-order valence-electron chi connectivity index (χ2n) is 4.87. The van der Waals surface area contributed by atoms with Gasteiger partial charge in [0.05, 0.1) is 12.6 Å². The molecule has 1 N–H and O–H groups in total. The summed E-state index contributed by atoms with van der Waals surface area (Å²) in [6.07, 6.45) is 6.10. The van der Waals surface area contributed by atoms with Crippen LogP contribution in [0.4, 0.5) is 5.95 Å². The Kier molecular flexibility index (Phi) is 3.51. The Hall–Kier alpha value is -1.81. The van der Waals surface area contributed by atoms with E-state index in [4.69, 9.17) is 4.74 Å². The highest BCUT2D eigenvalue weighted by Crippen LogP contribution is 2.33. The molecule has 2 aromatic rings. The molecule has 0 saturated heterocycles. The Morgan fingerprint density at radius 2 is 2.32 bits per heavy atom. The van der Waals surface area contributed by atoms with Crippen molar-refractivity contribution >= 4 is 5.95 Å². The van der Waals surface area contributed by atoms with Crippen LogP contribution in [0, 0.1) is 0 Å². The quantitative estimate of drug-likeness (QED) is 0.895. The predicted molar refractivity (Wildman–Crippen MR) is 75.2 cm³/mol. The molecule has 4 heteroatoms. The standard InChI is InChI=1S/C15H19N3O/c1-19-11-10-18-9-8-16-15(18)17-14-7-6-12-4-2-3-5-13(12)14/h2-5,8-9,14H,6-7,10-11H2,1H3,(H,16,17). The number of benzene rings is 1. The largest absolute Gasteiger partial charge is 0.383 e. The third-order valence-corrected chi connectivity index (χ3v) is 3.69. The number of nitrogens with one attached hydrogen (secondary N) is 1. The minimum Gasteiger partial charge on any atom is -0.383 e. The van der Waals surface area contributed by atoms with Crippen molar-refractivity contribution < 1.29 is 4.74 Å². The monoisotopic (exact) mass is 257 g/mol. The summed E-state index contributed by atoms with van der Waals surface area (Å²) in [5, 5.41) is 3.55. The molecule has 0 bridgehead atoms. The number of rotatable bonds is 5. The first-order valence-corrected chi connectivity index (χ1v) is 6.73. The highest BCUT2D eigenvalue weighted by atomic mass is 16.5. The molecular weight excluding hydrogens is 238 g/mol. The Morgan fingerprint density at radius 1 is 1.42 bits per heavy atom. The van der Waals surface area contributed by atoms with Gasteiger partial charge in [0.2, 0.25) is 5.95 Å². The van der Waals surface area contributed by atoms with Crippen LogP contribution in [0.1, 0.15) is 23.6 Å². The summed E-state index contributed by atoms with van der Waals surface area (Å²) in [5.41, 5.74) is 2.86. The molecular formula is C15H19N3O. The fraction of sp³-hybridized carbons (Fsp3) is 0.400. The first kappa shape index (κ1) is 12.2. The van der Waals surface area contributed by atoms with E-state index in [0.717, 1.165) is 25.3 Å². The fourth-order valence-electron chi connectivity index (χ4n) is 2.68. The lowest BCUT2D eigenvalue weighted by molar-refractivity contribution is 0.187. The lowest BCUT2D eigenvalue weighted by Gasteiger charge is -2.16. The maximum Gasteiger partial charge on any atom is 0.203 e. The molecule has 1 aromatic carbocycles. The smallest absolute Gasteiger partial charge is 0.203 e. The zero-order valence-corrected chi connectivity index (χ0v) is 11.2. The van der Waals surface area contributed by atoms with Crippen molar-refractivity contribution in [1.82, 2.24) is 9.55 Å². The van der Waals surface area contributed by atoms with E-state index in [-0.39, 0.29) is 0 Å². The third-order valence-electron chi connectivity index (χ3n) is 3.69. The summed E-state index contributed by atoms with van der Waals surface area (Å²) in [5.74, 6) is 0.929. The molecule has 0 aliphatic heterocycles. The number of methoxy groups -OCH3 is 1. The van der Waals surface area contributed by atoms with Gasteiger partial charge in [-0.05, 0) is 24.0 Å². The van der Waals surface area contributed by atoms with E-state index >= 15 is 0 Å². The molecule has 4 nitrogen and oxygen atoms in total. The number of fused-ring (bicyclic) bond motifs is 1. The molecule has 0 radical (unpaired) electrons. The molecule has 1 heterocycles. The van der Waals surface area contributed by atoms with Crippen molar-refractivity contribution in [2.45, 2.75) is 25.4 Å². The molecule has 0 fully saturated rings. The number of aryl methyl sites for hydroxylation is 1. The van der Waals surface area contributed by atoms with E-state index < -0.39 is 0 Å². The number of aromatic nitrogens is 2. The Morgan fingerprint density at radius 3 is 3.21 bits per heavy atom. The van der Waals surface area contributed by atoms with Gasteiger partial charge in [-0.3, -0.25) is 0 Å².